The number of rotatable bonds is 5. The van der Waals surface area contributed by atoms with Crippen molar-refractivity contribution in [1.82, 2.24) is 14.8 Å². The number of carbonyl (C=O) groups excluding carboxylic acids is 1. The lowest BCUT2D eigenvalue weighted by Crippen LogP contribution is -2.20. The fourth-order valence-corrected chi connectivity index (χ4v) is 2.52. The van der Waals surface area contributed by atoms with Gasteiger partial charge < -0.3 is 4.74 Å². The van der Waals surface area contributed by atoms with Crippen molar-refractivity contribution in [1.29, 1.82) is 0 Å². The molecule has 0 spiro atoms. The van der Waals surface area contributed by atoms with E-state index in [2.05, 4.69) is 10.1 Å². The van der Waals surface area contributed by atoms with Gasteiger partial charge in [0.25, 0.3) is 5.56 Å². The molecule has 0 atom stereocenters. The fraction of sp³-hybridized carbons (Fsp3) is 0.286. The molecule has 0 aliphatic carbocycles. The number of pyridine rings is 1. The molecule has 140 valence electrons. The maximum Gasteiger partial charge on any atom is 0.339 e. The Kier molecular flexibility index (Phi) is 5.26. The van der Waals surface area contributed by atoms with Gasteiger partial charge in [-0.05, 0) is 23.1 Å². The molecule has 0 saturated carbocycles. The van der Waals surface area contributed by atoms with E-state index in [0.29, 0.717) is 30.0 Å². The zero-order valence-electron chi connectivity index (χ0n) is 15.7. The molecule has 0 saturated heterocycles. The number of aromatic nitrogens is 3. The Balaban J connectivity index is 1.74. The van der Waals surface area contributed by atoms with E-state index in [4.69, 9.17) is 4.74 Å². The number of ether oxygens (including phenoxy) is 1. The van der Waals surface area contributed by atoms with Crippen LogP contribution in [0.4, 0.5) is 0 Å². The minimum atomic E-state index is -0.424. The average molecular weight is 365 g/mol. The Labute approximate surface area is 157 Å². The van der Waals surface area contributed by atoms with Crippen molar-refractivity contribution in [3.8, 4) is 5.82 Å². The molecular formula is C21H23N3O3. The summed E-state index contributed by atoms with van der Waals surface area (Å²) in [6, 6.07) is 13.0. The smallest absolute Gasteiger partial charge is 0.339 e. The van der Waals surface area contributed by atoms with Crippen LogP contribution in [0.15, 0.2) is 59.7 Å². The lowest BCUT2D eigenvalue weighted by atomic mass is 9.99. The van der Waals surface area contributed by atoms with Gasteiger partial charge in [-0.1, -0.05) is 51.1 Å². The van der Waals surface area contributed by atoms with Gasteiger partial charge in [0.15, 0.2) is 5.82 Å². The largest absolute Gasteiger partial charge is 0.461 e. The topological polar surface area (TPSA) is 77.0 Å². The molecule has 6 heteroatoms. The molecule has 0 fully saturated rings. The van der Waals surface area contributed by atoms with Gasteiger partial charge in [0.2, 0.25) is 0 Å². The van der Waals surface area contributed by atoms with E-state index in [1.165, 1.54) is 10.9 Å². The third kappa shape index (κ3) is 4.73. The third-order valence-corrected chi connectivity index (χ3v) is 3.93. The molecule has 0 aliphatic rings. The molecular weight excluding hydrogens is 342 g/mol. The summed E-state index contributed by atoms with van der Waals surface area (Å²) >= 11 is 0. The van der Waals surface area contributed by atoms with E-state index < -0.39 is 5.97 Å². The predicted molar refractivity (Wildman–Crippen MR) is 103 cm³/mol. The van der Waals surface area contributed by atoms with Crippen LogP contribution in [0.5, 0.6) is 0 Å². The van der Waals surface area contributed by atoms with Crippen LogP contribution in [0, 0.1) is 5.41 Å². The van der Waals surface area contributed by atoms with E-state index >= 15 is 0 Å². The van der Waals surface area contributed by atoms with Gasteiger partial charge in [-0.15, -0.1) is 0 Å². The van der Waals surface area contributed by atoms with Gasteiger partial charge in [0, 0.05) is 24.4 Å². The Morgan fingerprint density at radius 3 is 2.52 bits per heavy atom. The predicted octanol–water partition coefficient (Wildman–Crippen LogP) is 3.35. The SMILES string of the molecule is CC(C)(C)COC(=O)c1ccc(-n2[nH]cc(Cc3ccccc3)c2=O)nc1. The molecule has 0 bridgehead atoms. The maximum absolute atomic E-state index is 12.6. The first-order valence-electron chi connectivity index (χ1n) is 8.80. The molecule has 1 N–H and O–H groups in total. The van der Waals surface area contributed by atoms with Crippen molar-refractivity contribution in [2.75, 3.05) is 6.61 Å². The van der Waals surface area contributed by atoms with Crippen LogP contribution < -0.4 is 5.56 Å². The second-order valence-electron chi connectivity index (χ2n) is 7.64. The lowest BCUT2D eigenvalue weighted by Gasteiger charge is -2.17. The van der Waals surface area contributed by atoms with Gasteiger partial charge in [0.1, 0.15) is 0 Å². The average Bonchev–Trinajstić information content (AvgIpc) is 3.00. The van der Waals surface area contributed by atoms with Crippen LogP contribution in [-0.2, 0) is 11.2 Å². The summed E-state index contributed by atoms with van der Waals surface area (Å²) in [6.45, 7) is 6.30. The van der Waals surface area contributed by atoms with Crippen LogP contribution in [0.2, 0.25) is 0 Å². The number of hydrogen-bond donors (Lipinski definition) is 1. The molecule has 3 rings (SSSR count). The van der Waals surface area contributed by atoms with Crippen molar-refractivity contribution in [2.45, 2.75) is 27.2 Å². The first-order valence-corrected chi connectivity index (χ1v) is 8.80. The molecule has 1 aromatic carbocycles. The molecule has 0 amide bonds. The van der Waals surface area contributed by atoms with Crippen LogP contribution in [0.3, 0.4) is 0 Å². The second-order valence-corrected chi connectivity index (χ2v) is 7.64. The number of carbonyl (C=O) groups is 1. The molecule has 6 nitrogen and oxygen atoms in total. The van der Waals surface area contributed by atoms with Gasteiger partial charge in [-0.2, -0.15) is 0 Å². The van der Waals surface area contributed by atoms with Crippen molar-refractivity contribution < 1.29 is 9.53 Å². The molecule has 0 unspecified atom stereocenters. The number of esters is 1. The number of nitrogens with one attached hydrogen (secondary N) is 1. The summed E-state index contributed by atoms with van der Waals surface area (Å²) in [5.41, 5.74) is 1.80. The van der Waals surface area contributed by atoms with E-state index in [-0.39, 0.29) is 11.0 Å². The summed E-state index contributed by atoms with van der Waals surface area (Å²) in [7, 11) is 0. The molecule has 27 heavy (non-hydrogen) atoms. The van der Waals surface area contributed by atoms with Gasteiger partial charge in [0.05, 0.1) is 12.2 Å². The Bertz CT molecular complexity index is 964. The minimum Gasteiger partial charge on any atom is -0.461 e. The number of hydrogen-bond acceptors (Lipinski definition) is 4. The highest BCUT2D eigenvalue weighted by atomic mass is 16.5. The monoisotopic (exact) mass is 365 g/mol. The summed E-state index contributed by atoms with van der Waals surface area (Å²) in [4.78, 5) is 28.9. The summed E-state index contributed by atoms with van der Waals surface area (Å²) < 4.78 is 6.64. The number of benzene rings is 1. The normalized spacial score (nSPS) is 11.4. The Morgan fingerprint density at radius 1 is 1.15 bits per heavy atom. The molecule has 2 heterocycles. The molecule has 3 aromatic rings. The number of nitrogens with zero attached hydrogens (tertiary/aromatic N) is 2. The molecule has 0 aliphatic heterocycles. The van der Waals surface area contributed by atoms with Crippen LogP contribution >= 0.6 is 0 Å². The maximum atomic E-state index is 12.6. The van der Waals surface area contributed by atoms with Crippen LogP contribution in [0.1, 0.15) is 42.3 Å². The number of H-pyrrole nitrogens is 1. The Morgan fingerprint density at radius 2 is 1.89 bits per heavy atom. The second kappa shape index (κ2) is 7.61. The summed E-state index contributed by atoms with van der Waals surface area (Å²) in [5, 5.41) is 2.93. The zero-order chi connectivity index (χ0) is 19.4. The zero-order valence-corrected chi connectivity index (χ0v) is 15.7. The van der Waals surface area contributed by atoms with Crippen molar-refractivity contribution in [2.24, 2.45) is 5.41 Å². The highest BCUT2D eigenvalue weighted by Crippen LogP contribution is 2.14. The standard InChI is InChI=1S/C21H23N3O3/c1-21(2,3)14-27-20(26)16-9-10-18(22-12-16)24-19(25)17(13-23-24)11-15-7-5-4-6-8-15/h4-10,12-13,23H,11,14H2,1-3H3. The first kappa shape index (κ1) is 18.6. The third-order valence-electron chi connectivity index (χ3n) is 3.93. The Hall–Kier alpha value is -3.15. The van der Waals surface area contributed by atoms with Crippen molar-refractivity contribution in [3.63, 3.8) is 0 Å². The quantitative estimate of drug-likeness (QED) is 0.704. The summed E-state index contributed by atoms with van der Waals surface area (Å²) in [6.07, 6.45) is 3.65. The highest BCUT2D eigenvalue weighted by Gasteiger charge is 2.16. The van der Waals surface area contributed by atoms with E-state index in [1.54, 1.807) is 18.3 Å². The molecule has 2 aromatic heterocycles. The number of aromatic amines is 1. The van der Waals surface area contributed by atoms with E-state index in [0.717, 1.165) is 5.56 Å². The van der Waals surface area contributed by atoms with Gasteiger partial charge >= 0.3 is 5.97 Å². The lowest BCUT2D eigenvalue weighted by molar-refractivity contribution is 0.0366. The van der Waals surface area contributed by atoms with E-state index in [9.17, 15) is 9.59 Å². The van der Waals surface area contributed by atoms with Gasteiger partial charge in [-0.3, -0.25) is 9.89 Å². The minimum absolute atomic E-state index is 0.101. The van der Waals surface area contributed by atoms with Gasteiger partial charge in [-0.25, -0.2) is 14.5 Å². The van der Waals surface area contributed by atoms with E-state index in [1.807, 2.05) is 51.1 Å². The highest BCUT2D eigenvalue weighted by molar-refractivity contribution is 5.89. The van der Waals surface area contributed by atoms with Crippen molar-refractivity contribution in [3.05, 3.63) is 81.9 Å². The summed E-state index contributed by atoms with van der Waals surface area (Å²) in [5.74, 6) is -0.000688. The fourth-order valence-electron chi connectivity index (χ4n) is 2.52. The first-order chi connectivity index (χ1) is 12.8. The van der Waals surface area contributed by atoms with Crippen LogP contribution in [0.25, 0.3) is 5.82 Å². The van der Waals surface area contributed by atoms with Crippen LogP contribution in [-0.4, -0.2) is 27.3 Å². The van der Waals surface area contributed by atoms with Crippen molar-refractivity contribution >= 4 is 5.97 Å². The molecule has 0 radical (unpaired) electrons.